The predicted molar refractivity (Wildman–Crippen MR) is 146 cm³/mol. The lowest BCUT2D eigenvalue weighted by molar-refractivity contribution is 0.321. The molecule has 7 aromatic rings. The Bertz CT molecular complexity index is 2060. The molecule has 0 N–H and O–H groups in total. The molecule has 8 heteroatoms. The first-order valence-electron chi connectivity index (χ1n) is 12.1. The summed E-state index contributed by atoms with van der Waals surface area (Å²) in [6.45, 7) is 4.32. The normalized spacial score (nSPS) is 12.9. The van der Waals surface area contributed by atoms with E-state index in [4.69, 9.17) is 14.2 Å². The molecule has 8 nitrogen and oxygen atoms in total. The minimum Gasteiger partial charge on any atom is -0.439 e. The van der Waals surface area contributed by atoms with Crippen LogP contribution in [0.1, 0.15) is 11.1 Å². The van der Waals surface area contributed by atoms with E-state index in [1.165, 1.54) is 0 Å². The molecule has 6 aromatic heterocycles. The molecule has 0 radical (unpaired) electrons. The van der Waals surface area contributed by atoms with Gasteiger partial charge < -0.3 is 9.25 Å². The van der Waals surface area contributed by atoms with Gasteiger partial charge in [-0.1, -0.05) is 12.6 Å². The Labute approximate surface area is 216 Å². The van der Waals surface area contributed by atoms with E-state index in [-0.39, 0.29) is 0 Å². The lowest BCUT2D eigenvalue weighted by atomic mass is 10.0. The zero-order chi connectivity index (χ0) is 25.2. The number of hydrogen-bond acceptors (Lipinski definition) is 7. The van der Waals surface area contributed by atoms with Crippen LogP contribution in [0.5, 0.6) is 5.75 Å². The van der Waals surface area contributed by atoms with Crippen LogP contribution in [0, 0.1) is 0 Å². The Balaban J connectivity index is 1.37. The van der Waals surface area contributed by atoms with Gasteiger partial charge in [-0.2, -0.15) is 5.06 Å². The van der Waals surface area contributed by atoms with Gasteiger partial charge in [0.15, 0.2) is 11.6 Å². The zero-order valence-corrected chi connectivity index (χ0v) is 19.9. The van der Waals surface area contributed by atoms with E-state index in [0.717, 1.165) is 55.5 Å². The van der Waals surface area contributed by atoms with Crippen molar-refractivity contribution >= 4 is 50.2 Å². The van der Waals surface area contributed by atoms with Gasteiger partial charge in [0.05, 0.1) is 16.8 Å². The van der Waals surface area contributed by atoms with Crippen LogP contribution in [-0.2, 0) is 0 Å². The number of furan rings is 1. The summed E-state index contributed by atoms with van der Waals surface area (Å²) in [5.74, 6) is 1.29. The number of hydrogen-bond donors (Lipinski definition) is 0. The molecule has 180 valence electrons. The molecule has 7 heterocycles. The minimum absolute atomic E-state index is 0.640. The summed E-state index contributed by atoms with van der Waals surface area (Å²) in [6, 6.07) is 19.6. The van der Waals surface area contributed by atoms with Crippen molar-refractivity contribution in [3.05, 3.63) is 116 Å². The molecule has 1 aliphatic rings. The second-order valence-electron chi connectivity index (χ2n) is 8.99. The Morgan fingerprint density at radius 3 is 2.55 bits per heavy atom. The van der Waals surface area contributed by atoms with E-state index < -0.39 is 0 Å². The molecule has 0 spiro atoms. The molecule has 0 saturated carbocycles. The average molecular weight is 495 g/mol. The van der Waals surface area contributed by atoms with Gasteiger partial charge in [0.1, 0.15) is 11.2 Å². The summed E-state index contributed by atoms with van der Waals surface area (Å²) in [7, 11) is 0. The molecule has 8 rings (SSSR count). The third-order valence-corrected chi connectivity index (χ3v) is 6.86. The molecule has 1 aliphatic heterocycles. The first-order chi connectivity index (χ1) is 18.8. The van der Waals surface area contributed by atoms with Crippen molar-refractivity contribution in [1.82, 2.24) is 24.5 Å². The zero-order valence-electron chi connectivity index (χ0n) is 19.9. The van der Waals surface area contributed by atoms with E-state index in [1.807, 2.05) is 65.4 Å². The van der Waals surface area contributed by atoms with Crippen LogP contribution >= 0.6 is 0 Å². The monoisotopic (exact) mass is 494 g/mol. The third-order valence-electron chi connectivity index (χ3n) is 6.86. The molecule has 0 amide bonds. The second-order valence-corrected chi connectivity index (χ2v) is 8.99. The number of benzene rings is 1. The van der Waals surface area contributed by atoms with E-state index in [9.17, 15) is 0 Å². The van der Waals surface area contributed by atoms with Crippen molar-refractivity contribution in [2.24, 2.45) is 0 Å². The van der Waals surface area contributed by atoms with Crippen LogP contribution in [0.3, 0.4) is 0 Å². The fraction of sp³-hybridized carbons (Fsp3) is 0. The highest BCUT2D eigenvalue weighted by Gasteiger charge is 2.27. The van der Waals surface area contributed by atoms with Gasteiger partial charge >= 0.3 is 0 Å². The number of aromatic nitrogens is 5. The maximum Gasteiger partial charge on any atom is 0.215 e. The van der Waals surface area contributed by atoms with E-state index in [0.29, 0.717) is 17.3 Å². The Hall–Kier alpha value is -5.50. The molecule has 0 unspecified atom stereocenters. The summed E-state index contributed by atoms with van der Waals surface area (Å²) < 4.78 is 8.38. The fourth-order valence-electron chi connectivity index (χ4n) is 5.15. The fourth-order valence-corrected chi connectivity index (χ4v) is 5.15. The highest BCUT2D eigenvalue weighted by Crippen LogP contribution is 2.42. The standard InChI is InChI=1S/C30H18N6O2/c1-18-21-7-3-12-34-29(21)36(38-26-10-14-31-16-23(18)26)20-6-2-5-19(15-20)35-28-22(8-4-11-33-28)27-24-17-32-13-9-25(24)37-30(27)35/h2-17H,1H2. The molecular weight excluding hydrogens is 476 g/mol. The molecule has 0 fully saturated rings. The van der Waals surface area contributed by atoms with Gasteiger partial charge in [0.25, 0.3) is 0 Å². The number of pyridine rings is 4. The quantitative estimate of drug-likeness (QED) is 0.267. The summed E-state index contributed by atoms with van der Waals surface area (Å²) in [6.07, 6.45) is 10.6. The van der Waals surface area contributed by atoms with Gasteiger partial charge in [-0.05, 0) is 54.1 Å². The summed E-state index contributed by atoms with van der Waals surface area (Å²) in [4.78, 5) is 24.4. The molecule has 0 bridgehead atoms. The molecule has 38 heavy (non-hydrogen) atoms. The highest BCUT2D eigenvalue weighted by molar-refractivity contribution is 6.18. The predicted octanol–water partition coefficient (Wildman–Crippen LogP) is 6.62. The number of rotatable bonds is 2. The Morgan fingerprint density at radius 2 is 1.58 bits per heavy atom. The van der Waals surface area contributed by atoms with Crippen molar-refractivity contribution in [2.45, 2.75) is 0 Å². The van der Waals surface area contributed by atoms with E-state index in [1.54, 1.807) is 36.0 Å². The first-order valence-corrected chi connectivity index (χ1v) is 12.1. The molecule has 0 saturated heterocycles. The van der Waals surface area contributed by atoms with Crippen molar-refractivity contribution in [3.8, 4) is 11.4 Å². The minimum atomic E-state index is 0.640. The molecule has 0 aliphatic carbocycles. The van der Waals surface area contributed by atoms with Gasteiger partial charge in [0, 0.05) is 65.1 Å². The highest BCUT2D eigenvalue weighted by atomic mass is 16.7. The molecule has 1 aromatic carbocycles. The van der Waals surface area contributed by atoms with Crippen molar-refractivity contribution in [2.75, 3.05) is 5.06 Å². The topological polar surface area (TPSA) is 82.1 Å². The van der Waals surface area contributed by atoms with Crippen LogP contribution in [0.4, 0.5) is 11.5 Å². The van der Waals surface area contributed by atoms with Crippen molar-refractivity contribution < 1.29 is 9.25 Å². The van der Waals surface area contributed by atoms with Gasteiger partial charge in [-0.15, -0.1) is 0 Å². The summed E-state index contributed by atoms with van der Waals surface area (Å²) >= 11 is 0. The van der Waals surface area contributed by atoms with Gasteiger partial charge in [0.2, 0.25) is 5.71 Å². The maximum absolute atomic E-state index is 6.45. The maximum atomic E-state index is 6.45. The average Bonchev–Trinajstić information content (AvgIpc) is 3.46. The third kappa shape index (κ3) is 2.85. The summed E-state index contributed by atoms with van der Waals surface area (Å²) in [5.41, 5.74) is 6.41. The lowest BCUT2D eigenvalue weighted by Crippen LogP contribution is -2.22. The first kappa shape index (κ1) is 20.7. The number of anilines is 2. The Kier molecular flexibility index (Phi) is 4.21. The molecular formula is C30H18N6O2. The number of nitrogens with zero attached hydrogens (tertiary/aromatic N) is 6. The van der Waals surface area contributed by atoms with Crippen LogP contribution in [0.15, 0.2) is 109 Å². The Morgan fingerprint density at radius 1 is 0.737 bits per heavy atom. The summed E-state index contributed by atoms with van der Waals surface area (Å²) in [5, 5.41) is 4.66. The van der Waals surface area contributed by atoms with Crippen LogP contribution in [0.25, 0.3) is 44.4 Å². The van der Waals surface area contributed by atoms with Crippen LogP contribution < -0.4 is 9.90 Å². The van der Waals surface area contributed by atoms with Gasteiger partial charge in [-0.3, -0.25) is 14.5 Å². The second kappa shape index (κ2) is 7.75. The smallest absolute Gasteiger partial charge is 0.215 e. The van der Waals surface area contributed by atoms with Crippen LogP contribution in [-0.4, -0.2) is 24.5 Å². The van der Waals surface area contributed by atoms with Crippen LogP contribution in [0.2, 0.25) is 0 Å². The van der Waals surface area contributed by atoms with E-state index in [2.05, 4.69) is 27.6 Å². The van der Waals surface area contributed by atoms with Crippen molar-refractivity contribution in [1.29, 1.82) is 0 Å². The number of fused-ring (bicyclic) bond motifs is 7. The molecule has 0 atom stereocenters. The largest absolute Gasteiger partial charge is 0.439 e. The lowest BCUT2D eigenvalue weighted by Gasteiger charge is -2.23. The van der Waals surface area contributed by atoms with Gasteiger partial charge in [-0.25, -0.2) is 9.97 Å². The SMILES string of the molecule is C=C1c2cnccc2ON(c2cccc(-n3c4ncccc4c4c5cnccc5oc43)c2)c2ncccc21. The van der Waals surface area contributed by atoms with E-state index >= 15 is 0 Å². The van der Waals surface area contributed by atoms with Crippen molar-refractivity contribution in [3.63, 3.8) is 0 Å².